The van der Waals surface area contributed by atoms with Crippen LogP contribution in [0.2, 0.25) is 0 Å². The Hall–Kier alpha value is -1.70. The molecule has 0 aromatic heterocycles. The van der Waals surface area contributed by atoms with Crippen molar-refractivity contribution < 1.29 is 9.47 Å². The molecule has 0 radical (unpaired) electrons. The van der Waals surface area contributed by atoms with Gasteiger partial charge in [-0.05, 0) is 47.9 Å². The second-order valence-corrected chi connectivity index (χ2v) is 5.07. The summed E-state index contributed by atoms with van der Waals surface area (Å²) in [6.07, 6.45) is 4.52. The van der Waals surface area contributed by atoms with Crippen molar-refractivity contribution in [3.05, 3.63) is 36.4 Å². The molecule has 0 fully saturated rings. The van der Waals surface area contributed by atoms with Gasteiger partial charge < -0.3 is 9.47 Å². The van der Waals surface area contributed by atoms with Crippen molar-refractivity contribution in [3.63, 3.8) is 0 Å². The average Bonchev–Trinajstić information content (AvgIpc) is 2.48. The Morgan fingerprint density at radius 1 is 0.700 bits per heavy atom. The standard InChI is InChI=1S/C18H24O2/c1-3-5-11-19-17-9-7-16-14-18(20-12-6-4-2)10-8-15(16)13-17/h7-10,13-14H,3-6,11-12H2,1-2H3. The second-order valence-electron chi connectivity index (χ2n) is 5.07. The van der Waals surface area contributed by atoms with Gasteiger partial charge in [-0.15, -0.1) is 0 Å². The van der Waals surface area contributed by atoms with Crippen molar-refractivity contribution in [1.82, 2.24) is 0 Å². The molecule has 0 unspecified atom stereocenters. The third kappa shape index (κ3) is 4.16. The van der Waals surface area contributed by atoms with E-state index in [1.807, 2.05) is 12.1 Å². The molecule has 0 aliphatic heterocycles. The van der Waals surface area contributed by atoms with Crippen LogP contribution in [0.15, 0.2) is 36.4 Å². The molecule has 0 saturated carbocycles. The lowest BCUT2D eigenvalue weighted by Crippen LogP contribution is -1.97. The maximum absolute atomic E-state index is 5.73. The highest BCUT2D eigenvalue weighted by Gasteiger charge is 2.00. The van der Waals surface area contributed by atoms with Crippen molar-refractivity contribution in [2.45, 2.75) is 39.5 Å². The Kier molecular flexibility index (Phi) is 5.72. The first-order valence-electron chi connectivity index (χ1n) is 7.63. The Labute approximate surface area is 121 Å². The molecule has 0 saturated heterocycles. The fourth-order valence-corrected chi connectivity index (χ4v) is 2.05. The van der Waals surface area contributed by atoms with Gasteiger partial charge in [-0.1, -0.05) is 38.8 Å². The number of hydrogen-bond acceptors (Lipinski definition) is 2. The van der Waals surface area contributed by atoms with Gasteiger partial charge in [0.25, 0.3) is 0 Å². The zero-order chi connectivity index (χ0) is 14.2. The van der Waals surface area contributed by atoms with E-state index in [0.717, 1.165) is 50.4 Å². The first kappa shape index (κ1) is 14.7. The number of hydrogen-bond donors (Lipinski definition) is 0. The van der Waals surface area contributed by atoms with Gasteiger partial charge in [-0.3, -0.25) is 0 Å². The summed E-state index contributed by atoms with van der Waals surface area (Å²) >= 11 is 0. The van der Waals surface area contributed by atoms with Crippen molar-refractivity contribution in [2.24, 2.45) is 0 Å². The third-order valence-electron chi connectivity index (χ3n) is 3.32. The van der Waals surface area contributed by atoms with Crippen LogP contribution in [0, 0.1) is 0 Å². The number of ether oxygens (including phenoxy) is 2. The largest absolute Gasteiger partial charge is 0.494 e. The summed E-state index contributed by atoms with van der Waals surface area (Å²) in [6, 6.07) is 12.5. The summed E-state index contributed by atoms with van der Waals surface area (Å²) in [5.41, 5.74) is 0. The van der Waals surface area contributed by atoms with E-state index in [1.165, 1.54) is 10.8 Å². The summed E-state index contributed by atoms with van der Waals surface area (Å²) in [4.78, 5) is 0. The summed E-state index contributed by atoms with van der Waals surface area (Å²) in [6.45, 7) is 5.92. The van der Waals surface area contributed by atoms with Crippen LogP contribution < -0.4 is 9.47 Å². The number of unbranched alkanes of at least 4 members (excludes halogenated alkanes) is 2. The monoisotopic (exact) mass is 272 g/mol. The maximum Gasteiger partial charge on any atom is 0.119 e. The topological polar surface area (TPSA) is 18.5 Å². The second kappa shape index (κ2) is 7.78. The average molecular weight is 272 g/mol. The Morgan fingerprint density at radius 2 is 1.15 bits per heavy atom. The minimum Gasteiger partial charge on any atom is -0.494 e. The molecule has 2 heteroatoms. The van der Waals surface area contributed by atoms with Crippen LogP contribution >= 0.6 is 0 Å². The molecule has 2 aromatic carbocycles. The minimum absolute atomic E-state index is 0.792. The van der Waals surface area contributed by atoms with Crippen LogP contribution in [0.3, 0.4) is 0 Å². The van der Waals surface area contributed by atoms with Crippen molar-refractivity contribution in [1.29, 1.82) is 0 Å². The normalized spacial score (nSPS) is 10.7. The van der Waals surface area contributed by atoms with Crippen LogP contribution in [0.25, 0.3) is 10.8 Å². The smallest absolute Gasteiger partial charge is 0.119 e. The van der Waals surface area contributed by atoms with Gasteiger partial charge in [0.1, 0.15) is 11.5 Å². The SMILES string of the molecule is CCCCOc1ccc2cc(OCCCC)ccc2c1. The number of rotatable bonds is 8. The summed E-state index contributed by atoms with van der Waals surface area (Å²) in [7, 11) is 0. The van der Waals surface area contributed by atoms with Crippen LogP contribution in [-0.4, -0.2) is 13.2 Å². The zero-order valence-electron chi connectivity index (χ0n) is 12.5. The van der Waals surface area contributed by atoms with E-state index in [0.29, 0.717) is 0 Å². The summed E-state index contributed by atoms with van der Waals surface area (Å²) in [5, 5.41) is 2.39. The van der Waals surface area contributed by atoms with Gasteiger partial charge in [0, 0.05) is 0 Å². The van der Waals surface area contributed by atoms with Gasteiger partial charge in [0.2, 0.25) is 0 Å². The lowest BCUT2D eigenvalue weighted by atomic mass is 10.1. The van der Waals surface area contributed by atoms with Crippen LogP contribution in [0.4, 0.5) is 0 Å². The molecule has 2 nitrogen and oxygen atoms in total. The summed E-state index contributed by atoms with van der Waals surface area (Å²) in [5.74, 6) is 1.90. The molecule has 2 rings (SSSR count). The fraction of sp³-hybridized carbons (Fsp3) is 0.444. The molecule has 0 N–H and O–H groups in total. The van der Waals surface area contributed by atoms with Gasteiger partial charge in [-0.25, -0.2) is 0 Å². The Balaban J connectivity index is 2.04. The van der Waals surface area contributed by atoms with E-state index in [-0.39, 0.29) is 0 Å². The van der Waals surface area contributed by atoms with E-state index < -0.39 is 0 Å². The van der Waals surface area contributed by atoms with Gasteiger partial charge in [0.05, 0.1) is 13.2 Å². The predicted octanol–water partition coefficient (Wildman–Crippen LogP) is 5.20. The highest BCUT2D eigenvalue weighted by Crippen LogP contribution is 2.25. The van der Waals surface area contributed by atoms with Crippen LogP contribution in [-0.2, 0) is 0 Å². The molecule has 2 aromatic rings. The van der Waals surface area contributed by atoms with Crippen molar-refractivity contribution in [2.75, 3.05) is 13.2 Å². The molecule has 0 aliphatic rings. The van der Waals surface area contributed by atoms with Crippen LogP contribution in [0.5, 0.6) is 11.5 Å². The van der Waals surface area contributed by atoms with E-state index in [2.05, 4.69) is 38.1 Å². The van der Waals surface area contributed by atoms with E-state index in [9.17, 15) is 0 Å². The molecule has 0 amide bonds. The highest BCUT2D eigenvalue weighted by atomic mass is 16.5. The molecule has 108 valence electrons. The molecule has 0 aliphatic carbocycles. The van der Waals surface area contributed by atoms with E-state index in [1.54, 1.807) is 0 Å². The van der Waals surface area contributed by atoms with Gasteiger partial charge in [0.15, 0.2) is 0 Å². The number of benzene rings is 2. The predicted molar refractivity (Wildman–Crippen MR) is 84.8 cm³/mol. The molecule has 20 heavy (non-hydrogen) atoms. The van der Waals surface area contributed by atoms with Crippen LogP contribution in [0.1, 0.15) is 39.5 Å². The Bertz CT molecular complexity index is 485. The van der Waals surface area contributed by atoms with Gasteiger partial charge in [-0.2, -0.15) is 0 Å². The highest BCUT2D eigenvalue weighted by molar-refractivity contribution is 5.85. The minimum atomic E-state index is 0.792. The van der Waals surface area contributed by atoms with Crippen molar-refractivity contribution in [3.8, 4) is 11.5 Å². The lowest BCUT2D eigenvalue weighted by molar-refractivity contribution is 0.309. The fourth-order valence-electron chi connectivity index (χ4n) is 2.05. The lowest BCUT2D eigenvalue weighted by Gasteiger charge is -2.09. The van der Waals surface area contributed by atoms with E-state index >= 15 is 0 Å². The van der Waals surface area contributed by atoms with E-state index in [4.69, 9.17) is 9.47 Å². The molecule has 0 heterocycles. The van der Waals surface area contributed by atoms with Gasteiger partial charge >= 0.3 is 0 Å². The molecular weight excluding hydrogens is 248 g/mol. The summed E-state index contributed by atoms with van der Waals surface area (Å²) < 4.78 is 11.5. The molecule has 0 bridgehead atoms. The first-order chi connectivity index (χ1) is 9.83. The first-order valence-corrected chi connectivity index (χ1v) is 7.63. The quantitative estimate of drug-likeness (QED) is 0.615. The maximum atomic E-state index is 5.73. The number of fused-ring (bicyclic) bond motifs is 1. The van der Waals surface area contributed by atoms with Crippen molar-refractivity contribution >= 4 is 10.8 Å². The molecular formula is C18H24O2. The Morgan fingerprint density at radius 3 is 1.55 bits per heavy atom. The molecule has 0 atom stereocenters. The third-order valence-corrected chi connectivity index (χ3v) is 3.32. The zero-order valence-corrected chi connectivity index (χ0v) is 12.5. The molecule has 0 spiro atoms.